The second-order valence-electron chi connectivity index (χ2n) is 3.92. The Bertz CT molecular complexity index is 552. The molecule has 0 saturated carbocycles. The van der Waals surface area contributed by atoms with Gasteiger partial charge in [0.1, 0.15) is 12.4 Å². The molecule has 0 aliphatic rings. The number of ether oxygens (including phenoxy) is 1. The smallest absolute Gasteiger partial charge is 0.335 e. The third kappa shape index (κ3) is 2.85. The van der Waals surface area contributed by atoms with E-state index in [1.165, 1.54) is 0 Å². The third-order valence-corrected chi connectivity index (χ3v) is 2.62. The van der Waals surface area contributed by atoms with Crippen LogP contribution in [-0.4, -0.2) is 16.1 Å². The molecule has 4 nitrogen and oxygen atoms in total. The first-order valence-electron chi connectivity index (χ1n) is 5.52. The van der Waals surface area contributed by atoms with Crippen LogP contribution in [0.3, 0.4) is 0 Å². The summed E-state index contributed by atoms with van der Waals surface area (Å²) in [5, 5.41) is 8.87. The van der Waals surface area contributed by atoms with Crippen molar-refractivity contribution in [2.75, 3.05) is 0 Å². The standard InChI is InChI=1S/C14H13NO3/c1-10-7-11(14(16)17)4-5-12(10)9-18-13-3-2-6-15-8-13/h2-8H,9H2,1H3,(H,16,17). The van der Waals surface area contributed by atoms with E-state index in [1.807, 2.05) is 13.0 Å². The minimum Gasteiger partial charge on any atom is -0.487 e. The molecule has 0 unspecified atom stereocenters. The Kier molecular flexibility index (Phi) is 3.57. The highest BCUT2D eigenvalue weighted by molar-refractivity contribution is 5.87. The number of aromatic nitrogens is 1. The summed E-state index contributed by atoms with van der Waals surface area (Å²) < 4.78 is 5.56. The molecular formula is C14H13NO3. The number of carboxylic acids is 1. The van der Waals surface area contributed by atoms with Crippen molar-refractivity contribution in [3.8, 4) is 5.75 Å². The molecule has 0 amide bonds. The van der Waals surface area contributed by atoms with Crippen LogP contribution in [0.2, 0.25) is 0 Å². The van der Waals surface area contributed by atoms with Gasteiger partial charge in [0.2, 0.25) is 0 Å². The van der Waals surface area contributed by atoms with Gasteiger partial charge < -0.3 is 9.84 Å². The summed E-state index contributed by atoms with van der Waals surface area (Å²) >= 11 is 0. The number of aromatic carboxylic acids is 1. The van der Waals surface area contributed by atoms with E-state index in [4.69, 9.17) is 9.84 Å². The maximum absolute atomic E-state index is 10.8. The molecule has 0 atom stereocenters. The number of carbonyl (C=O) groups is 1. The molecule has 1 aromatic carbocycles. The molecule has 2 aromatic rings. The number of aryl methyl sites for hydroxylation is 1. The predicted octanol–water partition coefficient (Wildman–Crippen LogP) is 2.67. The molecular weight excluding hydrogens is 230 g/mol. The summed E-state index contributed by atoms with van der Waals surface area (Å²) in [4.78, 5) is 14.8. The van der Waals surface area contributed by atoms with Crippen molar-refractivity contribution in [1.29, 1.82) is 0 Å². The molecule has 1 N–H and O–H groups in total. The Morgan fingerprint density at radius 1 is 1.39 bits per heavy atom. The molecule has 18 heavy (non-hydrogen) atoms. The summed E-state index contributed by atoms with van der Waals surface area (Å²) in [5.74, 6) is -0.225. The van der Waals surface area contributed by atoms with E-state index < -0.39 is 5.97 Å². The fourth-order valence-corrected chi connectivity index (χ4v) is 1.58. The quantitative estimate of drug-likeness (QED) is 0.896. The second kappa shape index (κ2) is 5.31. The zero-order valence-corrected chi connectivity index (χ0v) is 9.96. The minimum atomic E-state index is -0.919. The molecule has 4 heteroatoms. The number of nitrogens with zero attached hydrogens (tertiary/aromatic N) is 1. The van der Waals surface area contributed by atoms with Crippen LogP contribution in [0.1, 0.15) is 21.5 Å². The Morgan fingerprint density at radius 3 is 2.83 bits per heavy atom. The normalized spacial score (nSPS) is 10.1. The zero-order chi connectivity index (χ0) is 13.0. The zero-order valence-electron chi connectivity index (χ0n) is 9.96. The van der Waals surface area contributed by atoms with Crippen LogP contribution in [-0.2, 0) is 6.61 Å². The molecule has 0 saturated heterocycles. The maximum Gasteiger partial charge on any atom is 0.335 e. The van der Waals surface area contributed by atoms with E-state index in [-0.39, 0.29) is 5.56 Å². The first-order chi connectivity index (χ1) is 8.66. The van der Waals surface area contributed by atoms with Crippen molar-refractivity contribution in [2.45, 2.75) is 13.5 Å². The molecule has 0 aliphatic heterocycles. The van der Waals surface area contributed by atoms with Crippen LogP contribution in [0, 0.1) is 6.92 Å². The number of hydrogen-bond acceptors (Lipinski definition) is 3. The highest BCUT2D eigenvalue weighted by Gasteiger charge is 2.06. The molecule has 0 aliphatic carbocycles. The van der Waals surface area contributed by atoms with Gasteiger partial charge in [-0.2, -0.15) is 0 Å². The van der Waals surface area contributed by atoms with Crippen molar-refractivity contribution >= 4 is 5.97 Å². The molecule has 2 rings (SSSR count). The summed E-state index contributed by atoms with van der Waals surface area (Å²) in [7, 11) is 0. The topological polar surface area (TPSA) is 59.4 Å². The van der Waals surface area contributed by atoms with Crippen LogP contribution in [0.5, 0.6) is 5.75 Å². The second-order valence-corrected chi connectivity index (χ2v) is 3.92. The molecule has 0 bridgehead atoms. The van der Waals surface area contributed by atoms with Gasteiger partial charge in [0.05, 0.1) is 11.8 Å². The van der Waals surface area contributed by atoms with Gasteiger partial charge in [-0.25, -0.2) is 4.79 Å². The summed E-state index contributed by atoms with van der Waals surface area (Å²) in [5.41, 5.74) is 2.15. The molecule has 1 aromatic heterocycles. The van der Waals surface area contributed by atoms with E-state index >= 15 is 0 Å². The Hall–Kier alpha value is -2.36. The van der Waals surface area contributed by atoms with Gasteiger partial charge in [-0.1, -0.05) is 6.07 Å². The van der Waals surface area contributed by atoms with Crippen molar-refractivity contribution < 1.29 is 14.6 Å². The first kappa shape index (κ1) is 12.1. The van der Waals surface area contributed by atoms with Crippen LogP contribution >= 0.6 is 0 Å². The van der Waals surface area contributed by atoms with Gasteiger partial charge in [-0.3, -0.25) is 4.98 Å². The number of benzene rings is 1. The lowest BCUT2D eigenvalue weighted by Crippen LogP contribution is -2.01. The third-order valence-electron chi connectivity index (χ3n) is 2.62. The van der Waals surface area contributed by atoms with Crippen molar-refractivity contribution in [3.05, 3.63) is 59.4 Å². The van der Waals surface area contributed by atoms with Crippen molar-refractivity contribution in [1.82, 2.24) is 4.98 Å². The van der Waals surface area contributed by atoms with Gasteiger partial charge in [0.25, 0.3) is 0 Å². The fourth-order valence-electron chi connectivity index (χ4n) is 1.58. The number of rotatable bonds is 4. The Morgan fingerprint density at radius 2 is 2.22 bits per heavy atom. The lowest BCUT2D eigenvalue weighted by atomic mass is 10.1. The van der Waals surface area contributed by atoms with Crippen LogP contribution in [0.25, 0.3) is 0 Å². The number of carboxylic acid groups (broad SMARTS) is 1. The van der Waals surface area contributed by atoms with E-state index in [9.17, 15) is 4.79 Å². The highest BCUT2D eigenvalue weighted by Crippen LogP contribution is 2.15. The minimum absolute atomic E-state index is 0.289. The average Bonchev–Trinajstić information content (AvgIpc) is 2.38. The lowest BCUT2D eigenvalue weighted by Gasteiger charge is -2.08. The summed E-state index contributed by atoms with van der Waals surface area (Å²) in [6, 6.07) is 8.63. The van der Waals surface area contributed by atoms with Crippen LogP contribution < -0.4 is 4.74 Å². The molecule has 0 spiro atoms. The van der Waals surface area contributed by atoms with Crippen LogP contribution in [0.4, 0.5) is 0 Å². The van der Waals surface area contributed by atoms with Crippen molar-refractivity contribution in [3.63, 3.8) is 0 Å². The summed E-state index contributed by atoms with van der Waals surface area (Å²) in [6.07, 6.45) is 3.32. The lowest BCUT2D eigenvalue weighted by molar-refractivity contribution is 0.0696. The monoisotopic (exact) mass is 243 g/mol. The number of hydrogen-bond donors (Lipinski definition) is 1. The van der Waals surface area contributed by atoms with Gasteiger partial charge in [0, 0.05) is 6.20 Å². The van der Waals surface area contributed by atoms with E-state index in [2.05, 4.69) is 4.98 Å². The maximum atomic E-state index is 10.8. The van der Waals surface area contributed by atoms with Gasteiger partial charge in [0.15, 0.2) is 0 Å². The first-order valence-corrected chi connectivity index (χ1v) is 5.52. The Balaban J connectivity index is 2.08. The molecule has 0 radical (unpaired) electrons. The highest BCUT2D eigenvalue weighted by atomic mass is 16.5. The largest absolute Gasteiger partial charge is 0.487 e. The molecule has 1 heterocycles. The van der Waals surface area contributed by atoms with Crippen molar-refractivity contribution in [2.24, 2.45) is 0 Å². The molecule has 92 valence electrons. The summed E-state index contributed by atoms with van der Waals surface area (Å²) in [6.45, 7) is 2.27. The van der Waals surface area contributed by atoms with Crippen LogP contribution in [0.15, 0.2) is 42.7 Å². The SMILES string of the molecule is Cc1cc(C(=O)O)ccc1COc1cccnc1. The van der Waals surface area contributed by atoms with E-state index in [0.717, 1.165) is 11.1 Å². The van der Waals surface area contributed by atoms with E-state index in [1.54, 1.807) is 36.7 Å². The average molecular weight is 243 g/mol. The van der Waals surface area contributed by atoms with Gasteiger partial charge >= 0.3 is 5.97 Å². The van der Waals surface area contributed by atoms with Gasteiger partial charge in [-0.15, -0.1) is 0 Å². The number of pyridine rings is 1. The Labute approximate surface area is 105 Å². The van der Waals surface area contributed by atoms with E-state index in [0.29, 0.717) is 12.4 Å². The predicted molar refractivity (Wildman–Crippen MR) is 66.7 cm³/mol. The van der Waals surface area contributed by atoms with Gasteiger partial charge in [-0.05, 0) is 42.3 Å². The molecule has 0 fully saturated rings. The fraction of sp³-hybridized carbons (Fsp3) is 0.143.